The maximum absolute atomic E-state index is 12.8. The van der Waals surface area contributed by atoms with Gasteiger partial charge in [0.05, 0.1) is 12.7 Å². The van der Waals surface area contributed by atoms with Crippen LogP contribution in [0.2, 0.25) is 0 Å². The lowest BCUT2D eigenvalue weighted by molar-refractivity contribution is -0.121. The first-order chi connectivity index (χ1) is 21.3. The number of carbonyl (C=O) groups excluding carboxylic acids is 1. The second-order valence-electron chi connectivity index (χ2n) is 10.9. The van der Waals surface area contributed by atoms with E-state index in [0.717, 1.165) is 23.1 Å². The molecule has 6 N–H and O–H groups in total. The largest absolute Gasteiger partial charge is 0.504 e. The Labute approximate surface area is 258 Å². The van der Waals surface area contributed by atoms with Gasteiger partial charge in [-0.3, -0.25) is 10.5 Å². The summed E-state index contributed by atoms with van der Waals surface area (Å²) in [6.45, 7) is 0.237. The van der Waals surface area contributed by atoms with Gasteiger partial charge in [0.2, 0.25) is 5.75 Å². The lowest BCUT2D eigenvalue weighted by Crippen LogP contribution is -2.18. The average Bonchev–Trinajstić information content (AvgIpc) is 3.02. The second kappa shape index (κ2) is 16.4. The minimum absolute atomic E-state index is 0.0173. The number of Topliss-reactive ketones (excluding diaryl/α,β-unsaturated/α-hetero) is 1. The minimum atomic E-state index is -0.905. The van der Waals surface area contributed by atoms with Crippen LogP contribution in [0.5, 0.6) is 28.7 Å². The monoisotopic (exact) mass is 599 g/mol. The zero-order chi connectivity index (χ0) is 31.3. The van der Waals surface area contributed by atoms with Crippen LogP contribution in [0.4, 0.5) is 0 Å². The summed E-state index contributed by atoms with van der Waals surface area (Å²) < 4.78 is 11.1. The van der Waals surface area contributed by atoms with Crippen molar-refractivity contribution in [3.8, 4) is 28.7 Å². The fourth-order valence-electron chi connectivity index (χ4n) is 5.27. The highest BCUT2D eigenvalue weighted by Gasteiger charge is 2.22. The molecule has 0 heterocycles. The molecular weight excluding hydrogens is 558 g/mol. The Kier molecular flexibility index (Phi) is 12.0. The van der Waals surface area contributed by atoms with Gasteiger partial charge in [-0.1, -0.05) is 66.7 Å². The summed E-state index contributed by atoms with van der Waals surface area (Å²) in [5.41, 5.74) is 9.17. The van der Waals surface area contributed by atoms with E-state index in [9.17, 15) is 25.2 Å². The van der Waals surface area contributed by atoms with E-state index in [-0.39, 0.29) is 60.0 Å². The van der Waals surface area contributed by atoms with Crippen molar-refractivity contribution in [2.45, 2.75) is 57.0 Å². The maximum atomic E-state index is 12.8. The standard InChI is InChI=1S/C36H41NO7/c37-24-44-34-19-27(13-16-32(34)40)12-15-30(38)23-31(39)20-28(14-11-25-7-3-1-4-8-25)29-21-33(41)36(42)35(22-29)43-18-17-26-9-5-2-6-10-26/h1-10,13,16,19,21-22,28,31,39-42H,11-12,14-15,17-18,20,23-24,37H2/t28-,31+/m0/s1. The molecule has 0 spiro atoms. The minimum Gasteiger partial charge on any atom is -0.504 e. The van der Waals surface area contributed by atoms with Crippen LogP contribution in [-0.4, -0.2) is 45.7 Å². The van der Waals surface area contributed by atoms with Gasteiger partial charge in [-0.05, 0) is 78.1 Å². The van der Waals surface area contributed by atoms with Crippen LogP contribution in [0.15, 0.2) is 91.0 Å². The third kappa shape index (κ3) is 9.76. The Bertz CT molecular complexity index is 1480. The zero-order valence-corrected chi connectivity index (χ0v) is 24.8. The molecule has 0 bridgehead atoms. The SMILES string of the molecule is NCOc1cc(CCC(=O)C[C@H](O)C[C@H](CCc2ccccc2)c2cc(O)c(O)c(OCCc3ccccc3)c2)ccc1O. The molecular formula is C36H41NO7. The molecule has 0 unspecified atom stereocenters. The number of phenols is 3. The molecule has 0 aromatic heterocycles. The Morgan fingerprint density at radius 3 is 2.09 bits per heavy atom. The van der Waals surface area contributed by atoms with E-state index < -0.39 is 6.10 Å². The molecule has 232 valence electrons. The fraction of sp³-hybridized carbons (Fsp3) is 0.306. The van der Waals surface area contributed by atoms with Gasteiger partial charge in [0.15, 0.2) is 23.0 Å². The Hall–Kier alpha value is -4.53. The van der Waals surface area contributed by atoms with Crippen molar-refractivity contribution in [1.82, 2.24) is 0 Å². The zero-order valence-electron chi connectivity index (χ0n) is 24.8. The number of rotatable bonds is 17. The fourth-order valence-corrected chi connectivity index (χ4v) is 5.27. The Morgan fingerprint density at radius 2 is 1.41 bits per heavy atom. The molecule has 4 aromatic rings. The van der Waals surface area contributed by atoms with E-state index in [1.165, 1.54) is 12.1 Å². The predicted molar refractivity (Wildman–Crippen MR) is 169 cm³/mol. The molecule has 0 amide bonds. The second-order valence-corrected chi connectivity index (χ2v) is 10.9. The average molecular weight is 600 g/mol. The van der Waals surface area contributed by atoms with E-state index in [1.807, 2.05) is 60.7 Å². The molecule has 0 saturated heterocycles. The molecule has 4 rings (SSSR count). The predicted octanol–water partition coefficient (Wildman–Crippen LogP) is 5.78. The highest BCUT2D eigenvalue weighted by Crippen LogP contribution is 2.41. The van der Waals surface area contributed by atoms with Crippen molar-refractivity contribution in [1.29, 1.82) is 0 Å². The number of ether oxygens (including phenoxy) is 2. The van der Waals surface area contributed by atoms with Crippen LogP contribution in [-0.2, 0) is 24.1 Å². The number of hydrogen-bond donors (Lipinski definition) is 5. The molecule has 0 aliphatic rings. The van der Waals surface area contributed by atoms with Gasteiger partial charge in [-0.15, -0.1) is 0 Å². The van der Waals surface area contributed by atoms with Crippen molar-refractivity contribution >= 4 is 5.78 Å². The van der Waals surface area contributed by atoms with Crippen LogP contribution < -0.4 is 15.2 Å². The van der Waals surface area contributed by atoms with Gasteiger partial charge in [-0.25, -0.2) is 0 Å². The topological polar surface area (TPSA) is 142 Å². The lowest BCUT2D eigenvalue weighted by atomic mass is 9.86. The van der Waals surface area contributed by atoms with Crippen LogP contribution in [0.25, 0.3) is 0 Å². The van der Waals surface area contributed by atoms with Gasteiger partial charge in [0.1, 0.15) is 12.5 Å². The molecule has 8 nitrogen and oxygen atoms in total. The summed E-state index contributed by atoms with van der Waals surface area (Å²) in [4.78, 5) is 12.8. The molecule has 8 heteroatoms. The van der Waals surface area contributed by atoms with Gasteiger partial charge in [0.25, 0.3) is 0 Å². The highest BCUT2D eigenvalue weighted by atomic mass is 16.5. The van der Waals surface area contributed by atoms with Crippen LogP contribution in [0.3, 0.4) is 0 Å². The van der Waals surface area contributed by atoms with Crippen molar-refractivity contribution in [3.05, 3.63) is 113 Å². The molecule has 44 heavy (non-hydrogen) atoms. The summed E-state index contributed by atoms with van der Waals surface area (Å²) in [5, 5.41) is 42.0. The van der Waals surface area contributed by atoms with Gasteiger partial charge >= 0.3 is 0 Å². The molecule has 0 radical (unpaired) electrons. The molecule has 0 aliphatic heterocycles. The van der Waals surface area contributed by atoms with Gasteiger partial charge in [0, 0.05) is 19.3 Å². The number of ketones is 1. The van der Waals surface area contributed by atoms with Crippen molar-refractivity contribution < 1.29 is 34.7 Å². The summed E-state index contributed by atoms with van der Waals surface area (Å²) >= 11 is 0. The normalized spacial score (nSPS) is 12.4. The highest BCUT2D eigenvalue weighted by molar-refractivity contribution is 5.79. The number of aromatic hydroxyl groups is 3. The molecule has 0 fully saturated rings. The third-order valence-corrected chi connectivity index (χ3v) is 7.64. The number of aliphatic hydroxyl groups is 1. The lowest BCUT2D eigenvalue weighted by Gasteiger charge is -2.22. The number of phenolic OH excluding ortho intramolecular Hbond substituents is 3. The first kappa shape index (κ1) is 32.4. The van der Waals surface area contributed by atoms with Crippen LogP contribution in [0, 0.1) is 0 Å². The first-order valence-electron chi connectivity index (χ1n) is 14.9. The summed E-state index contributed by atoms with van der Waals surface area (Å²) in [5.74, 6) is -0.501. The van der Waals surface area contributed by atoms with E-state index in [4.69, 9.17) is 15.2 Å². The Morgan fingerprint density at radius 1 is 0.727 bits per heavy atom. The van der Waals surface area contributed by atoms with E-state index >= 15 is 0 Å². The number of benzene rings is 4. The van der Waals surface area contributed by atoms with E-state index in [2.05, 4.69) is 0 Å². The van der Waals surface area contributed by atoms with Gasteiger partial charge in [-0.2, -0.15) is 0 Å². The number of aliphatic hydroxyl groups excluding tert-OH is 1. The quantitative estimate of drug-likeness (QED) is 0.0760. The van der Waals surface area contributed by atoms with E-state index in [0.29, 0.717) is 37.9 Å². The van der Waals surface area contributed by atoms with Crippen LogP contribution >= 0.6 is 0 Å². The molecule has 0 saturated carbocycles. The molecule has 0 aliphatic carbocycles. The third-order valence-electron chi connectivity index (χ3n) is 7.64. The van der Waals surface area contributed by atoms with Crippen molar-refractivity contribution in [2.24, 2.45) is 5.73 Å². The van der Waals surface area contributed by atoms with Crippen molar-refractivity contribution in [2.75, 3.05) is 13.3 Å². The summed E-state index contributed by atoms with van der Waals surface area (Å²) in [6.07, 6.45) is 2.04. The first-order valence-corrected chi connectivity index (χ1v) is 14.9. The maximum Gasteiger partial charge on any atom is 0.200 e. The summed E-state index contributed by atoms with van der Waals surface area (Å²) in [6, 6.07) is 27.9. The number of aryl methyl sites for hydroxylation is 2. The smallest absolute Gasteiger partial charge is 0.200 e. The number of carbonyl (C=O) groups is 1. The van der Waals surface area contributed by atoms with Gasteiger partial charge < -0.3 is 29.9 Å². The molecule has 4 aromatic carbocycles. The van der Waals surface area contributed by atoms with E-state index in [1.54, 1.807) is 18.2 Å². The van der Waals surface area contributed by atoms with Crippen molar-refractivity contribution in [3.63, 3.8) is 0 Å². The number of hydrogen-bond acceptors (Lipinski definition) is 8. The number of nitrogens with two attached hydrogens (primary N) is 1. The van der Waals surface area contributed by atoms with Crippen LogP contribution in [0.1, 0.15) is 53.9 Å². The Balaban J connectivity index is 1.42. The summed E-state index contributed by atoms with van der Waals surface area (Å²) in [7, 11) is 0. The molecule has 2 atom stereocenters.